The number of ether oxygens (including phenoxy) is 1. The van der Waals surface area contributed by atoms with Gasteiger partial charge in [0.2, 0.25) is 10.0 Å². The molecule has 1 amide bonds. The Hall–Kier alpha value is -2.22. The van der Waals surface area contributed by atoms with Crippen molar-refractivity contribution < 1.29 is 17.9 Å². The van der Waals surface area contributed by atoms with Crippen molar-refractivity contribution in [2.45, 2.75) is 31.4 Å². The lowest BCUT2D eigenvalue weighted by molar-refractivity contribution is 0.0102. The van der Waals surface area contributed by atoms with Gasteiger partial charge in [-0.05, 0) is 43.7 Å². The Kier molecular flexibility index (Phi) is 5.94. The van der Waals surface area contributed by atoms with E-state index in [4.69, 9.17) is 4.74 Å². The van der Waals surface area contributed by atoms with Gasteiger partial charge in [-0.25, -0.2) is 8.42 Å². The van der Waals surface area contributed by atoms with Crippen LogP contribution in [0.15, 0.2) is 53.4 Å². The summed E-state index contributed by atoms with van der Waals surface area (Å²) in [5.41, 5.74) is 2.58. The maximum atomic E-state index is 12.7. The Morgan fingerprint density at radius 3 is 2.63 bits per heavy atom. The van der Waals surface area contributed by atoms with Gasteiger partial charge in [-0.3, -0.25) is 4.79 Å². The summed E-state index contributed by atoms with van der Waals surface area (Å²) in [4.78, 5) is 12.5. The first-order valence-corrected chi connectivity index (χ1v) is 10.4. The zero-order valence-corrected chi connectivity index (χ0v) is 16.3. The van der Waals surface area contributed by atoms with E-state index in [9.17, 15) is 13.2 Å². The molecular formula is C20H24N2O4S. The lowest BCUT2D eigenvalue weighted by atomic mass is 10.1. The molecule has 3 rings (SSSR count). The quantitative estimate of drug-likeness (QED) is 0.853. The molecule has 0 spiro atoms. The van der Waals surface area contributed by atoms with E-state index in [0.717, 1.165) is 11.1 Å². The predicted octanol–water partition coefficient (Wildman–Crippen LogP) is 2.33. The van der Waals surface area contributed by atoms with Crippen LogP contribution in [0.2, 0.25) is 0 Å². The molecule has 1 atom stereocenters. The fraction of sp³-hybridized carbons (Fsp3) is 0.350. The third kappa shape index (κ3) is 4.74. The lowest BCUT2D eigenvalue weighted by Crippen LogP contribution is -2.44. The average molecular weight is 388 g/mol. The number of nitrogens with zero attached hydrogens (tertiary/aromatic N) is 1. The predicted molar refractivity (Wildman–Crippen MR) is 103 cm³/mol. The van der Waals surface area contributed by atoms with Gasteiger partial charge in [-0.15, -0.1) is 0 Å². The molecule has 0 aromatic heterocycles. The molecule has 1 aliphatic rings. The van der Waals surface area contributed by atoms with Gasteiger partial charge in [-0.2, -0.15) is 4.31 Å². The van der Waals surface area contributed by atoms with Gasteiger partial charge in [0, 0.05) is 25.2 Å². The summed E-state index contributed by atoms with van der Waals surface area (Å²) >= 11 is 0. The second-order valence-corrected chi connectivity index (χ2v) is 8.68. The Labute approximate surface area is 160 Å². The van der Waals surface area contributed by atoms with Gasteiger partial charge >= 0.3 is 0 Å². The molecule has 1 heterocycles. The number of carbonyl (C=O) groups excluding carboxylic acids is 1. The standard InChI is InChI=1S/C20H24N2O4S/c1-15-4-3-5-17(12-15)13-21-20(23)18-6-8-19(9-7-18)27(24,25)22-10-11-26-16(2)14-22/h3-9,12,16H,10-11,13-14H2,1-2H3,(H,21,23). The fourth-order valence-electron chi connectivity index (χ4n) is 3.04. The zero-order valence-electron chi connectivity index (χ0n) is 15.5. The van der Waals surface area contributed by atoms with Crippen LogP contribution in [0.25, 0.3) is 0 Å². The molecule has 1 aliphatic heterocycles. The molecular weight excluding hydrogens is 364 g/mol. The first-order valence-electron chi connectivity index (χ1n) is 8.92. The molecule has 0 bridgehead atoms. The van der Waals surface area contributed by atoms with Crippen molar-refractivity contribution in [2.24, 2.45) is 0 Å². The van der Waals surface area contributed by atoms with E-state index in [0.29, 0.717) is 31.8 Å². The van der Waals surface area contributed by atoms with Gasteiger partial charge in [-0.1, -0.05) is 29.8 Å². The molecule has 1 saturated heterocycles. The topological polar surface area (TPSA) is 75.7 Å². The van der Waals surface area contributed by atoms with Gasteiger partial charge in [0.1, 0.15) is 0 Å². The largest absolute Gasteiger partial charge is 0.376 e. The number of carbonyl (C=O) groups is 1. The number of benzene rings is 2. The van der Waals surface area contributed by atoms with Crippen LogP contribution in [0.4, 0.5) is 0 Å². The van der Waals surface area contributed by atoms with Crippen molar-refractivity contribution in [1.82, 2.24) is 9.62 Å². The van der Waals surface area contributed by atoms with Crippen LogP contribution < -0.4 is 5.32 Å². The van der Waals surface area contributed by atoms with E-state index in [1.165, 1.54) is 16.4 Å². The number of hydrogen-bond donors (Lipinski definition) is 1. The Morgan fingerprint density at radius 2 is 1.96 bits per heavy atom. The van der Waals surface area contributed by atoms with E-state index >= 15 is 0 Å². The molecule has 0 radical (unpaired) electrons. The van der Waals surface area contributed by atoms with Crippen LogP contribution in [0, 0.1) is 6.92 Å². The van der Waals surface area contributed by atoms with Crippen molar-refractivity contribution in [3.8, 4) is 0 Å². The number of hydrogen-bond acceptors (Lipinski definition) is 4. The van der Waals surface area contributed by atoms with Crippen molar-refractivity contribution in [1.29, 1.82) is 0 Å². The first kappa shape index (κ1) is 19.5. The van der Waals surface area contributed by atoms with Crippen LogP contribution in [-0.4, -0.2) is 44.4 Å². The maximum Gasteiger partial charge on any atom is 0.251 e. The Bertz CT molecular complexity index is 910. The van der Waals surface area contributed by atoms with Crippen LogP contribution in [0.5, 0.6) is 0 Å². The fourth-order valence-corrected chi connectivity index (χ4v) is 4.54. The van der Waals surface area contributed by atoms with E-state index in [1.807, 2.05) is 38.1 Å². The Balaban J connectivity index is 1.66. The second kappa shape index (κ2) is 8.21. The summed E-state index contributed by atoms with van der Waals surface area (Å²) in [6, 6.07) is 14.0. The smallest absolute Gasteiger partial charge is 0.251 e. The molecule has 0 aliphatic carbocycles. The summed E-state index contributed by atoms with van der Waals surface area (Å²) < 4.78 is 32.3. The number of morpholine rings is 1. The highest BCUT2D eigenvalue weighted by Gasteiger charge is 2.29. The number of sulfonamides is 1. The minimum atomic E-state index is -3.58. The van der Waals surface area contributed by atoms with Crippen LogP contribution in [0.3, 0.4) is 0 Å². The molecule has 1 N–H and O–H groups in total. The highest BCUT2D eigenvalue weighted by atomic mass is 32.2. The van der Waals surface area contributed by atoms with Crippen LogP contribution >= 0.6 is 0 Å². The first-order chi connectivity index (χ1) is 12.9. The number of amides is 1. The summed E-state index contributed by atoms with van der Waals surface area (Å²) in [6.07, 6.45) is -0.125. The summed E-state index contributed by atoms with van der Waals surface area (Å²) in [5.74, 6) is -0.236. The van der Waals surface area contributed by atoms with Crippen LogP contribution in [0.1, 0.15) is 28.4 Å². The highest BCUT2D eigenvalue weighted by molar-refractivity contribution is 7.89. The maximum absolute atomic E-state index is 12.7. The van der Waals surface area contributed by atoms with Crippen LogP contribution in [-0.2, 0) is 21.3 Å². The van der Waals surface area contributed by atoms with E-state index in [-0.39, 0.29) is 16.9 Å². The molecule has 0 saturated carbocycles. The van der Waals surface area contributed by atoms with Crippen molar-refractivity contribution >= 4 is 15.9 Å². The molecule has 1 fully saturated rings. The van der Waals surface area contributed by atoms with Gasteiger partial charge in [0.05, 0.1) is 17.6 Å². The van der Waals surface area contributed by atoms with Crippen molar-refractivity contribution in [2.75, 3.05) is 19.7 Å². The van der Waals surface area contributed by atoms with Gasteiger partial charge < -0.3 is 10.1 Å². The monoisotopic (exact) mass is 388 g/mol. The molecule has 7 heteroatoms. The SMILES string of the molecule is Cc1cccc(CNC(=O)c2ccc(S(=O)(=O)N3CCOC(C)C3)cc2)c1. The van der Waals surface area contributed by atoms with Crippen molar-refractivity contribution in [3.63, 3.8) is 0 Å². The molecule has 2 aromatic rings. The zero-order chi connectivity index (χ0) is 19.4. The molecule has 144 valence electrons. The van der Waals surface area contributed by atoms with E-state index < -0.39 is 10.0 Å². The molecule has 27 heavy (non-hydrogen) atoms. The average Bonchev–Trinajstić information content (AvgIpc) is 2.66. The lowest BCUT2D eigenvalue weighted by Gasteiger charge is -2.30. The third-order valence-corrected chi connectivity index (χ3v) is 6.37. The third-order valence-electron chi connectivity index (χ3n) is 4.49. The molecule has 6 nitrogen and oxygen atoms in total. The van der Waals surface area contributed by atoms with Gasteiger partial charge in [0.25, 0.3) is 5.91 Å². The normalized spacial score (nSPS) is 18.2. The highest BCUT2D eigenvalue weighted by Crippen LogP contribution is 2.19. The van der Waals surface area contributed by atoms with E-state index in [2.05, 4.69) is 5.32 Å². The number of nitrogens with one attached hydrogen (secondary N) is 1. The summed E-state index contributed by atoms with van der Waals surface area (Å²) in [6.45, 7) is 5.33. The minimum Gasteiger partial charge on any atom is -0.376 e. The van der Waals surface area contributed by atoms with Crippen molar-refractivity contribution in [3.05, 3.63) is 65.2 Å². The minimum absolute atomic E-state index is 0.125. The molecule has 2 aromatic carbocycles. The van der Waals surface area contributed by atoms with Gasteiger partial charge in [0.15, 0.2) is 0 Å². The summed E-state index contributed by atoms with van der Waals surface area (Å²) in [7, 11) is -3.58. The van der Waals surface area contributed by atoms with E-state index in [1.54, 1.807) is 12.1 Å². The Morgan fingerprint density at radius 1 is 1.22 bits per heavy atom. The number of aryl methyl sites for hydroxylation is 1. The molecule has 1 unspecified atom stereocenters. The second-order valence-electron chi connectivity index (χ2n) is 6.74. The number of rotatable bonds is 5. The summed E-state index contributed by atoms with van der Waals surface area (Å²) in [5, 5.41) is 2.85.